The first-order chi connectivity index (χ1) is 11.3. The molecule has 4 rings (SSSR count). The summed E-state index contributed by atoms with van der Waals surface area (Å²) in [4.78, 5) is 12.4. The van der Waals surface area contributed by atoms with Gasteiger partial charge in [-0.2, -0.15) is 0 Å². The summed E-state index contributed by atoms with van der Waals surface area (Å²) in [6, 6.07) is 11.7. The van der Waals surface area contributed by atoms with Crippen LogP contribution in [0.4, 0.5) is 0 Å². The lowest BCUT2D eigenvalue weighted by Crippen LogP contribution is -2.26. The van der Waals surface area contributed by atoms with Crippen LogP contribution in [0.2, 0.25) is 0 Å². The lowest BCUT2D eigenvalue weighted by molar-refractivity contribution is 0.0950. The number of rotatable bonds is 3. The normalized spacial score (nSPS) is 15.1. The molecule has 118 valence electrons. The zero-order valence-electron chi connectivity index (χ0n) is 12.7. The second-order valence-corrected chi connectivity index (χ2v) is 5.78. The van der Waals surface area contributed by atoms with Crippen molar-refractivity contribution in [1.82, 2.24) is 10.6 Å². The van der Waals surface area contributed by atoms with Gasteiger partial charge in [0, 0.05) is 18.7 Å². The fourth-order valence-corrected chi connectivity index (χ4v) is 2.96. The fraction of sp³-hybridized carbons (Fsp3) is 0.278. The Bertz CT molecular complexity index is 758. The molecule has 2 N–H and O–H groups in total. The van der Waals surface area contributed by atoms with E-state index in [0.29, 0.717) is 12.1 Å². The Hall–Kier alpha value is -2.53. The predicted molar refractivity (Wildman–Crippen MR) is 85.6 cm³/mol. The van der Waals surface area contributed by atoms with Crippen LogP contribution in [0.25, 0.3) is 0 Å². The molecule has 1 amide bonds. The van der Waals surface area contributed by atoms with E-state index < -0.39 is 0 Å². The van der Waals surface area contributed by atoms with Crippen molar-refractivity contribution in [3.63, 3.8) is 0 Å². The van der Waals surface area contributed by atoms with Crippen LogP contribution in [0.15, 0.2) is 36.4 Å². The quantitative estimate of drug-likeness (QED) is 0.910. The Balaban J connectivity index is 1.44. The highest BCUT2D eigenvalue weighted by Crippen LogP contribution is 2.32. The van der Waals surface area contributed by atoms with Gasteiger partial charge in [0.2, 0.25) is 6.79 Å². The zero-order valence-corrected chi connectivity index (χ0v) is 12.7. The maximum Gasteiger partial charge on any atom is 0.251 e. The predicted octanol–water partition coefficient (Wildman–Crippen LogP) is 1.99. The van der Waals surface area contributed by atoms with Gasteiger partial charge < -0.3 is 20.1 Å². The SMILES string of the molecule is O=C(NCc1ccc2c(c1)OCO2)c1ccc2c(c1)CNCC2. The maximum atomic E-state index is 12.4. The van der Waals surface area contributed by atoms with E-state index in [9.17, 15) is 4.79 Å². The van der Waals surface area contributed by atoms with Gasteiger partial charge in [-0.05, 0) is 53.9 Å². The number of amides is 1. The number of carbonyl (C=O) groups excluding carboxylic acids is 1. The molecule has 0 saturated carbocycles. The first-order valence-electron chi connectivity index (χ1n) is 7.79. The molecule has 2 aliphatic heterocycles. The van der Waals surface area contributed by atoms with Crippen LogP contribution in [0.3, 0.4) is 0 Å². The van der Waals surface area contributed by atoms with E-state index in [0.717, 1.165) is 36.6 Å². The second kappa shape index (κ2) is 5.93. The minimum Gasteiger partial charge on any atom is -0.454 e. The van der Waals surface area contributed by atoms with Crippen LogP contribution >= 0.6 is 0 Å². The molecule has 0 aromatic heterocycles. The second-order valence-electron chi connectivity index (χ2n) is 5.78. The summed E-state index contributed by atoms with van der Waals surface area (Å²) in [6.07, 6.45) is 1.02. The van der Waals surface area contributed by atoms with Crippen molar-refractivity contribution in [2.45, 2.75) is 19.5 Å². The average Bonchev–Trinajstić information content (AvgIpc) is 3.07. The van der Waals surface area contributed by atoms with Crippen molar-refractivity contribution < 1.29 is 14.3 Å². The molecule has 0 unspecified atom stereocenters. The Morgan fingerprint density at radius 1 is 1.09 bits per heavy atom. The molecule has 0 radical (unpaired) electrons. The molecule has 5 heteroatoms. The number of fused-ring (bicyclic) bond motifs is 2. The standard InChI is InChI=1S/C18H18N2O3/c21-18(14-3-2-13-5-6-19-10-15(13)8-14)20-9-12-1-4-16-17(7-12)23-11-22-16/h1-4,7-8,19H,5-6,9-11H2,(H,20,21). The summed E-state index contributed by atoms with van der Waals surface area (Å²) in [6.45, 7) is 2.56. The first kappa shape index (κ1) is 14.1. The highest BCUT2D eigenvalue weighted by atomic mass is 16.7. The van der Waals surface area contributed by atoms with E-state index in [1.165, 1.54) is 11.1 Å². The van der Waals surface area contributed by atoms with E-state index in [-0.39, 0.29) is 12.7 Å². The van der Waals surface area contributed by atoms with E-state index in [1.807, 2.05) is 30.3 Å². The number of hydrogen-bond acceptors (Lipinski definition) is 4. The molecular formula is C18H18N2O3. The number of ether oxygens (including phenoxy) is 2. The van der Waals surface area contributed by atoms with E-state index in [1.54, 1.807) is 0 Å². The Kier molecular flexibility index (Phi) is 3.63. The number of benzene rings is 2. The van der Waals surface area contributed by atoms with Gasteiger partial charge in [0.15, 0.2) is 11.5 Å². The van der Waals surface area contributed by atoms with Crippen LogP contribution in [-0.4, -0.2) is 19.2 Å². The van der Waals surface area contributed by atoms with E-state index in [4.69, 9.17) is 9.47 Å². The van der Waals surface area contributed by atoms with E-state index in [2.05, 4.69) is 16.7 Å². The van der Waals surface area contributed by atoms with Gasteiger partial charge in [-0.1, -0.05) is 12.1 Å². The molecule has 0 bridgehead atoms. The Morgan fingerprint density at radius 3 is 2.96 bits per heavy atom. The van der Waals surface area contributed by atoms with Gasteiger partial charge in [-0.3, -0.25) is 4.79 Å². The highest BCUT2D eigenvalue weighted by Gasteiger charge is 2.15. The van der Waals surface area contributed by atoms with Crippen LogP contribution in [-0.2, 0) is 19.5 Å². The Labute approximate surface area is 134 Å². The number of carbonyl (C=O) groups is 1. The number of hydrogen-bond donors (Lipinski definition) is 2. The number of nitrogens with one attached hydrogen (secondary N) is 2. The minimum absolute atomic E-state index is 0.0592. The zero-order chi connectivity index (χ0) is 15.6. The Morgan fingerprint density at radius 2 is 2.00 bits per heavy atom. The molecule has 0 fully saturated rings. The third-order valence-corrected chi connectivity index (χ3v) is 4.25. The fourth-order valence-electron chi connectivity index (χ4n) is 2.96. The van der Waals surface area contributed by atoms with Crippen molar-refractivity contribution in [1.29, 1.82) is 0 Å². The van der Waals surface area contributed by atoms with Gasteiger partial charge in [0.1, 0.15) is 0 Å². The van der Waals surface area contributed by atoms with Crippen molar-refractivity contribution in [3.8, 4) is 11.5 Å². The molecule has 2 aromatic rings. The summed E-state index contributed by atoms with van der Waals surface area (Å²) < 4.78 is 10.6. The van der Waals surface area contributed by atoms with Crippen molar-refractivity contribution in [2.75, 3.05) is 13.3 Å². The topological polar surface area (TPSA) is 59.6 Å². The molecular weight excluding hydrogens is 292 g/mol. The lowest BCUT2D eigenvalue weighted by atomic mass is 9.98. The maximum absolute atomic E-state index is 12.4. The summed E-state index contributed by atoms with van der Waals surface area (Å²) in [7, 11) is 0. The molecule has 2 aromatic carbocycles. The minimum atomic E-state index is -0.0592. The summed E-state index contributed by atoms with van der Waals surface area (Å²) >= 11 is 0. The lowest BCUT2D eigenvalue weighted by Gasteiger charge is -2.17. The average molecular weight is 310 g/mol. The molecule has 0 aliphatic carbocycles. The van der Waals surface area contributed by atoms with Gasteiger partial charge >= 0.3 is 0 Å². The third-order valence-electron chi connectivity index (χ3n) is 4.25. The highest BCUT2D eigenvalue weighted by molar-refractivity contribution is 5.94. The van der Waals surface area contributed by atoms with Gasteiger partial charge in [0.05, 0.1) is 0 Å². The summed E-state index contributed by atoms with van der Waals surface area (Å²) in [5.41, 5.74) is 4.23. The van der Waals surface area contributed by atoms with Gasteiger partial charge in [-0.15, -0.1) is 0 Å². The molecule has 5 nitrogen and oxygen atoms in total. The summed E-state index contributed by atoms with van der Waals surface area (Å²) in [5, 5.41) is 6.29. The largest absolute Gasteiger partial charge is 0.454 e. The molecule has 2 heterocycles. The van der Waals surface area contributed by atoms with Crippen LogP contribution < -0.4 is 20.1 Å². The third kappa shape index (κ3) is 2.87. The monoisotopic (exact) mass is 310 g/mol. The molecule has 23 heavy (non-hydrogen) atoms. The van der Waals surface area contributed by atoms with Crippen molar-refractivity contribution >= 4 is 5.91 Å². The van der Waals surface area contributed by atoms with Crippen LogP contribution in [0.5, 0.6) is 11.5 Å². The van der Waals surface area contributed by atoms with Crippen LogP contribution in [0.1, 0.15) is 27.0 Å². The van der Waals surface area contributed by atoms with E-state index >= 15 is 0 Å². The molecule has 2 aliphatic rings. The molecule has 0 saturated heterocycles. The van der Waals surface area contributed by atoms with Gasteiger partial charge in [0.25, 0.3) is 5.91 Å². The van der Waals surface area contributed by atoms with Crippen molar-refractivity contribution in [2.24, 2.45) is 0 Å². The van der Waals surface area contributed by atoms with Gasteiger partial charge in [-0.25, -0.2) is 0 Å². The summed E-state index contributed by atoms with van der Waals surface area (Å²) in [5.74, 6) is 1.43. The molecule has 0 spiro atoms. The molecule has 0 atom stereocenters. The van der Waals surface area contributed by atoms with Crippen LogP contribution in [0, 0.1) is 0 Å². The van der Waals surface area contributed by atoms with Crippen molar-refractivity contribution in [3.05, 3.63) is 58.7 Å². The first-order valence-corrected chi connectivity index (χ1v) is 7.79. The smallest absolute Gasteiger partial charge is 0.251 e.